The molecule has 3 nitrogen and oxygen atoms in total. The summed E-state index contributed by atoms with van der Waals surface area (Å²) in [5.41, 5.74) is 13.7. The third-order valence-electron chi connectivity index (χ3n) is 10.9. The van der Waals surface area contributed by atoms with Gasteiger partial charge in [0.2, 0.25) is 0 Å². The van der Waals surface area contributed by atoms with Crippen molar-refractivity contribution in [3.05, 3.63) is 200 Å². The minimum atomic E-state index is 0.859. The molecule has 0 atom stereocenters. The lowest BCUT2D eigenvalue weighted by Crippen LogP contribution is -2.10. The first-order valence-electron chi connectivity index (χ1n) is 18.7. The number of hydrogen-bond acceptors (Lipinski definition) is 3. The zero-order valence-electron chi connectivity index (χ0n) is 29.8. The number of nitrogens with zero attached hydrogens (tertiary/aromatic N) is 1. The number of para-hydroxylation sites is 2. The van der Waals surface area contributed by atoms with Crippen LogP contribution in [0.1, 0.15) is 0 Å². The molecule has 55 heavy (non-hydrogen) atoms. The van der Waals surface area contributed by atoms with Crippen molar-refractivity contribution in [2.45, 2.75) is 0 Å². The quantitative estimate of drug-likeness (QED) is 0.173. The summed E-state index contributed by atoms with van der Waals surface area (Å²) >= 11 is 0. The van der Waals surface area contributed by atoms with Crippen molar-refractivity contribution in [1.29, 1.82) is 0 Å². The molecule has 0 saturated heterocycles. The summed E-state index contributed by atoms with van der Waals surface area (Å²) in [5.74, 6) is 0. The molecule has 0 aliphatic rings. The third kappa shape index (κ3) is 5.36. The average molecular weight is 704 g/mol. The molecule has 0 spiro atoms. The summed E-state index contributed by atoms with van der Waals surface area (Å²) in [6.07, 6.45) is 0. The van der Waals surface area contributed by atoms with Crippen molar-refractivity contribution in [3.8, 4) is 33.4 Å². The monoisotopic (exact) mass is 703 g/mol. The molecule has 0 aliphatic heterocycles. The van der Waals surface area contributed by atoms with Crippen LogP contribution in [0.5, 0.6) is 0 Å². The molecule has 0 unspecified atom stereocenters. The smallest absolute Gasteiger partial charge is 0.137 e. The fourth-order valence-electron chi connectivity index (χ4n) is 8.16. The van der Waals surface area contributed by atoms with Crippen LogP contribution in [0.25, 0.3) is 88.0 Å². The highest BCUT2D eigenvalue weighted by atomic mass is 16.3. The maximum absolute atomic E-state index is 6.39. The van der Waals surface area contributed by atoms with Crippen LogP contribution < -0.4 is 4.90 Å². The van der Waals surface area contributed by atoms with E-state index in [1.807, 2.05) is 24.3 Å². The van der Waals surface area contributed by atoms with Crippen LogP contribution in [0.2, 0.25) is 0 Å². The molecule has 0 radical (unpaired) electrons. The minimum absolute atomic E-state index is 0.859. The van der Waals surface area contributed by atoms with Crippen LogP contribution in [0.15, 0.2) is 209 Å². The molecule has 0 bridgehead atoms. The van der Waals surface area contributed by atoms with Crippen LogP contribution in [-0.2, 0) is 0 Å². The van der Waals surface area contributed by atoms with Crippen molar-refractivity contribution in [3.63, 3.8) is 0 Å². The van der Waals surface area contributed by atoms with E-state index < -0.39 is 0 Å². The van der Waals surface area contributed by atoms with E-state index in [9.17, 15) is 0 Å². The summed E-state index contributed by atoms with van der Waals surface area (Å²) in [7, 11) is 0. The second kappa shape index (κ2) is 12.6. The van der Waals surface area contributed by atoms with Crippen LogP contribution in [-0.4, -0.2) is 0 Å². The third-order valence-corrected chi connectivity index (χ3v) is 10.9. The van der Waals surface area contributed by atoms with E-state index in [1.54, 1.807) is 0 Å². The SMILES string of the molecule is c1cc(-c2cccc3oc4ccccc4c23)cc(N(c2ccc(-c3ccc(-c4ccc5ccccc5c4)cc3)cc2)c2ccc3c(c2)oc2ccccc23)c1. The normalized spacial score (nSPS) is 11.6. The lowest BCUT2D eigenvalue weighted by atomic mass is 9.98. The second-order valence-electron chi connectivity index (χ2n) is 14.1. The Morgan fingerprint density at radius 3 is 1.67 bits per heavy atom. The topological polar surface area (TPSA) is 29.5 Å². The van der Waals surface area contributed by atoms with Crippen LogP contribution in [0, 0.1) is 0 Å². The molecule has 11 rings (SSSR count). The van der Waals surface area contributed by atoms with Gasteiger partial charge >= 0.3 is 0 Å². The predicted octanol–water partition coefficient (Wildman–Crippen LogP) is 15.1. The maximum atomic E-state index is 6.39. The summed E-state index contributed by atoms with van der Waals surface area (Å²) in [5, 5.41) is 6.97. The predicted molar refractivity (Wildman–Crippen MR) is 229 cm³/mol. The van der Waals surface area contributed by atoms with Gasteiger partial charge < -0.3 is 13.7 Å². The number of anilines is 3. The minimum Gasteiger partial charge on any atom is -0.456 e. The van der Waals surface area contributed by atoms with Crippen LogP contribution in [0.3, 0.4) is 0 Å². The molecule has 2 aromatic heterocycles. The fraction of sp³-hybridized carbons (Fsp3) is 0. The molecule has 0 N–H and O–H groups in total. The Balaban J connectivity index is 0.999. The molecule has 9 aromatic carbocycles. The first kappa shape index (κ1) is 31.2. The molecular weight excluding hydrogens is 671 g/mol. The van der Waals surface area contributed by atoms with Crippen molar-refractivity contribution < 1.29 is 8.83 Å². The van der Waals surface area contributed by atoms with Gasteiger partial charge in [-0.3, -0.25) is 0 Å². The van der Waals surface area contributed by atoms with Crippen molar-refractivity contribution in [1.82, 2.24) is 0 Å². The first-order valence-corrected chi connectivity index (χ1v) is 18.7. The molecule has 0 aliphatic carbocycles. The molecule has 0 amide bonds. The van der Waals surface area contributed by atoms with E-state index in [0.717, 1.165) is 77.6 Å². The van der Waals surface area contributed by atoms with Gasteiger partial charge in [-0.05, 0) is 105 Å². The van der Waals surface area contributed by atoms with E-state index in [1.165, 1.54) is 27.5 Å². The molecule has 2 heterocycles. The van der Waals surface area contributed by atoms with Gasteiger partial charge in [0.1, 0.15) is 22.3 Å². The maximum Gasteiger partial charge on any atom is 0.137 e. The van der Waals surface area contributed by atoms with E-state index >= 15 is 0 Å². The summed E-state index contributed by atoms with van der Waals surface area (Å²) < 4.78 is 12.7. The summed E-state index contributed by atoms with van der Waals surface area (Å²) in [6, 6.07) is 71.1. The number of hydrogen-bond donors (Lipinski definition) is 0. The van der Waals surface area contributed by atoms with Crippen molar-refractivity contribution in [2.75, 3.05) is 4.90 Å². The van der Waals surface area contributed by atoms with Gasteiger partial charge in [-0.25, -0.2) is 0 Å². The van der Waals surface area contributed by atoms with Gasteiger partial charge in [-0.15, -0.1) is 0 Å². The largest absolute Gasteiger partial charge is 0.456 e. The van der Waals surface area contributed by atoms with Crippen LogP contribution in [0.4, 0.5) is 17.1 Å². The molecule has 3 heteroatoms. The fourth-order valence-corrected chi connectivity index (χ4v) is 8.16. The molecule has 0 saturated carbocycles. The number of benzene rings is 9. The number of furan rings is 2. The Kier molecular flexibility index (Phi) is 7.17. The van der Waals surface area contributed by atoms with E-state index in [4.69, 9.17) is 8.83 Å². The van der Waals surface area contributed by atoms with Gasteiger partial charge in [-0.1, -0.05) is 133 Å². The zero-order chi connectivity index (χ0) is 36.3. The Morgan fingerprint density at radius 2 is 0.855 bits per heavy atom. The van der Waals surface area contributed by atoms with Gasteiger partial charge in [-0.2, -0.15) is 0 Å². The van der Waals surface area contributed by atoms with Crippen molar-refractivity contribution >= 4 is 71.7 Å². The van der Waals surface area contributed by atoms with E-state index in [2.05, 4.69) is 181 Å². The second-order valence-corrected chi connectivity index (χ2v) is 14.1. The van der Waals surface area contributed by atoms with Gasteiger partial charge in [0.25, 0.3) is 0 Å². The molecular formula is C52H33NO2. The Hall–Kier alpha value is -7.36. The molecule has 258 valence electrons. The lowest BCUT2D eigenvalue weighted by molar-refractivity contribution is 0.668. The number of rotatable bonds is 6. The Bertz CT molecular complexity index is 3200. The highest BCUT2D eigenvalue weighted by molar-refractivity contribution is 6.12. The molecule has 0 fully saturated rings. The van der Waals surface area contributed by atoms with Gasteiger partial charge in [0, 0.05) is 44.7 Å². The summed E-state index contributed by atoms with van der Waals surface area (Å²) in [6.45, 7) is 0. The Morgan fingerprint density at radius 1 is 0.291 bits per heavy atom. The van der Waals surface area contributed by atoms with Gasteiger partial charge in [0.05, 0.1) is 0 Å². The Labute approximate surface area is 317 Å². The number of fused-ring (bicyclic) bond motifs is 7. The average Bonchev–Trinajstić information content (AvgIpc) is 3.82. The summed E-state index contributed by atoms with van der Waals surface area (Å²) in [4.78, 5) is 2.32. The van der Waals surface area contributed by atoms with Crippen molar-refractivity contribution in [2.24, 2.45) is 0 Å². The standard InChI is InChI=1S/C52H33NO2/c1-2-10-38-31-39(24-23-34(38)9-1)37-21-19-35(20-22-37)36-25-27-41(28-26-36)53(43-29-30-46-45-13-3-5-16-48(45)55-51(46)33-43)42-12-7-11-40(32-42)44-15-8-18-50-52(44)47-14-4-6-17-49(47)54-50/h1-33H. The lowest BCUT2D eigenvalue weighted by Gasteiger charge is -2.26. The zero-order valence-corrected chi connectivity index (χ0v) is 29.8. The highest BCUT2D eigenvalue weighted by Crippen LogP contribution is 2.42. The van der Waals surface area contributed by atoms with Gasteiger partial charge in [0.15, 0.2) is 0 Å². The van der Waals surface area contributed by atoms with E-state index in [0.29, 0.717) is 0 Å². The van der Waals surface area contributed by atoms with E-state index in [-0.39, 0.29) is 0 Å². The molecule has 11 aromatic rings. The first-order chi connectivity index (χ1) is 27.2. The van der Waals surface area contributed by atoms with Crippen LogP contribution >= 0.6 is 0 Å². The highest BCUT2D eigenvalue weighted by Gasteiger charge is 2.18.